The van der Waals surface area contributed by atoms with Crippen molar-refractivity contribution in [3.63, 3.8) is 0 Å². The molecular weight excluding hydrogens is 594 g/mol. The Hall–Kier alpha value is 0.200. The van der Waals surface area contributed by atoms with Crippen molar-refractivity contribution in [2.24, 2.45) is 5.73 Å². The second-order valence-corrected chi connectivity index (χ2v) is 12.1. The van der Waals surface area contributed by atoms with Gasteiger partial charge in [0.1, 0.15) is 42.9 Å². The summed E-state index contributed by atoms with van der Waals surface area (Å²) in [6, 6.07) is 0. The zero-order valence-electron chi connectivity index (χ0n) is 17.4. The fourth-order valence-corrected chi connectivity index (χ4v) is 4.83. The van der Waals surface area contributed by atoms with Crippen molar-refractivity contribution in [1.29, 1.82) is 0 Å². The minimum atomic E-state index is -5.39. The summed E-state index contributed by atoms with van der Waals surface area (Å²) in [6.07, 6.45) is -12.1. The Morgan fingerprint density at radius 1 is 0.639 bits per heavy atom. The fraction of sp³-hybridized carbons (Fsp3) is 1.00. The quantitative estimate of drug-likeness (QED) is 0.102. The predicted molar refractivity (Wildman–Crippen MR) is 106 cm³/mol. The molecule has 13 N–H and O–H groups in total. The summed E-state index contributed by atoms with van der Waals surface area (Å²) < 4.78 is 67.7. The van der Waals surface area contributed by atoms with Crippen LogP contribution < -0.4 is 5.73 Å². The molecule has 22 nitrogen and oxygen atoms in total. The van der Waals surface area contributed by atoms with Gasteiger partial charge in [-0.1, -0.05) is 0 Å². The van der Waals surface area contributed by atoms with Gasteiger partial charge in [-0.2, -0.15) is 4.31 Å². The third kappa shape index (κ3) is 12.4. The zero-order chi connectivity index (χ0) is 28.3. The Labute approximate surface area is 200 Å². The predicted octanol–water partition coefficient (Wildman–Crippen LogP) is -4.73. The van der Waals surface area contributed by atoms with Crippen molar-refractivity contribution < 1.29 is 100 Å². The lowest BCUT2D eigenvalue weighted by Crippen LogP contribution is -2.37. The number of aliphatic hydroxyl groups excluding tert-OH is 4. The van der Waals surface area contributed by atoms with Gasteiger partial charge in [-0.15, -0.1) is 0 Å². The molecule has 0 aliphatic carbocycles. The van der Waals surface area contributed by atoms with Crippen LogP contribution in [0.3, 0.4) is 0 Å². The van der Waals surface area contributed by atoms with Crippen LogP contribution in [-0.4, -0.2) is 117 Å². The maximum absolute atomic E-state index is 11.3. The van der Waals surface area contributed by atoms with Crippen LogP contribution >= 0.6 is 31.3 Å². The van der Waals surface area contributed by atoms with Crippen LogP contribution in [0, 0.1) is 0 Å². The smallest absolute Gasteiger partial charge is 0.387 e. The standard InChI is InChI=1S/C5H12NO7P.C5H13O14P3/c6-5-4(8)3(7)2(13-5)1-12-14(9,10)11;6-3-2(1-16-20(8,9)10)17-5(4(3)7)18-22(14,15)19-21(11,12)13/h2-5,7-8H,1,6H2,(H2,9,10,11);2-7H,1H2,(H,14,15)(H2,8,9,10)(H2,11,12,13)/t2-,3-,4-,5-;2-,3-,4-,5?/m11/s1. The summed E-state index contributed by atoms with van der Waals surface area (Å²) in [6.45, 7) is -1.44. The molecule has 0 spiro atoms. The monoisotopic (exact) mass is 619 g/mol. The van der Waals surface area contributed by atoms with Gasteiger partial charge in [-0.25, -0.2) is 18.3 Å². The zero-order valence-corrected chi connectivity index (χ0v) is 21.0. The first kappa shape index (κ1) is 34.2. The van der Waals surface area contributed by atoms with Gasteiger partial charge in [0.15, 0.2) is 6.29 Å². The summed E-state index contributed by atoms with van der Waals surface area (Å²) in [4.78, 5) is 59.5. The van der Waals surface area contributed by atoms with Crippen LogP contribution in [0.2, 0.25) is 0 Å². The van der Waals surface area contributed by atoms with E-state index in [1.54, 1.807) is 0 Å². The Bertz CT molecular complexity index is 899. The number of rotatable bonds is 10. The molecule has 0 aromatic rings. The molecule has 0 bridgehead atoms. The molecule has 0 amide bonds. The molecule has 0 aromatic carbocycles. The van der Waals surface area contributed by atoms with E-state index in [4.69, 9.17) is 49.8 Å². The van der Waals surface area contributed by atoms with E-state index >= 15 is 0 Å². The first-order chi connectivity index (χ1) is 16.0. The number of phosphoric ester groups is 3. The number of ether oxygens (including phenoxy) is 2. The summed E-state index contributed by atoms with van der Waals surface area (Å²) in [7, 11) is -20.2. The highest BCUT2D eigenvalue weighted by Gasteiger charge is 2.48. The van der Waals surface area contributed by atoms with Crippen molar-refractivity contribution in [2.45, 2.75) is 49.1 Å². The highest BCUT2D eigenvalue weighted by Crippen LogP contribution is 2.58. The van der Waals surface area contributed by atoms with Gasteiger partial charge in [0.05, 0.1) is 13.2 Å². The average Bonchev–Trinajstić information content (AvgIpc) is 3.06. The van der Waals surface area contributed by atoms with Crippen LogP contribution in [0.4, 0.5) is 0 Å². The Morgan fingerprint density at radius 2 is 1.06 bits per heavy atom. The van der Waals surface area contributed by atoms with Gasteiger partial charge < -0.3 is 69.9 Å². The van der Waals surface area contributed by atoms with Crippen molar-refractivity contribution >= 4 is 31.3 Å². The third-order valence-corrected chi connectivity index (χ3v) is 7.10. The summed E-state index contributed by atoms with van der Waals surface area (Å²) in [5.74, 6) is 0. The van der Waals surface area contributed by atoms with Crippen LogP contribution in [0.5, 0.6) is 0 Å². The molecule has 0 aromatic heterocycles. The molecule has 2 unspecified atom stereocenters. The fourth-order valence-electron chi connectivity index (χ4n) is 2.48. The Morgan fingerprint density at radius 3 is 1.42 bits per heavy atom. The summed E-state index contributed by atoms with van der Waals surface area (Å²) in [5.41, 5.74) is 5.22. The molecule has 26 heteroatoms. The molecule has 2 rings (SSSR count). The number of phosphoric acid groups is 4. The van der Waals surface area contributed by atoms with E-state index < -0.39 is 93.6 Å². The first-order valence-electron chi connectivity index (χ1n) is 8.98. The normalized spacial score (nSPS) is 35.2. The number of aliphatic hydroxyl groups is 4. The van der Waals surface area contributed by atoms with Gasteiger partial charge in [0, 0.05) is 0 Å². The maximum atomic E-state index is 11.3. The van der Waals surface area contributed by atoms with E-state index in [0.717, 1.165) is 0 Å². The van der Waals surface area contributed by atoms with E-state index in [1.165, 1.54) is 0 Å². The van der Waals surface area contributed by atoms with E-state index in [9.17, 15) is 33.6 Å². The minimum Gasteiger partial charge on any atom is -0.387 e. The molecule has 0 saturated carbocycles. The second kappa shape index (κ2) is 13.0. The van der Waals surface area contributed by atoms with Crippen LogP contribution in [0.15, 0.2) is 0 Å². The molecule has 2 heterocycles. The molecule has 2 aliphatic heterocycles. The molecule has 2 fully saturated rings. The highest BCUT2D eigenvalue weighted by atomic mass is 31.3. The molecule has 9 atom stereocenters. The summed E-state index contributed by atoms with van der Waals surface area (Å²) in [5, 5.41) is 37.3. The van der Waals surface area contributed by atoms with Gasteiger partial charge in [0.25, 0.3) is 0 Å². The molecule has 2 aliphatic rings. The van der Waals surface area contributed by atoms with Crippen molar-refractivity contribution in [3.8, 4) is 0 Å². The van der Waals surface area contributed by atoms with E-state index in [1.807, 2.05) is 0 Å². The van der Waals surface area contributed by atoms with Crippen molar-refractivity contribution in [3.05, 3.63) is 0 Å². The summed E-state index contributed by atoms with van der Waals surface area (Å²) >= 11 is 0. The minimum absolute atomic E-state index is 0.532. The van der Waals surface area contributed by atoms with Crippen molar-refractivity contribution in [1.82, 2.24) is 0 Å². The van der Waals surface area contributed by atoms with Gasteiger partial charge >= 0.3 is 31.3 Å². The number of hydrogen-bond donors (Lipinski definition) is 12. The SMILES string of the molecule is N[C@@H]1O[C@H](COP(=O)(O)O)[C@@H](O)[C@H]1O.O=P(O)(O)OC[C@H]1OC(OP(=O)(O)OP(=O)(O)O)[C@H](O)[C@@H]1O. The number of hydrogen-bond acceptors (Lipinski definition) is 15. The lowest BCUT2D eigenvalue weighted by atomic mass is 10.1. The van der Waals surface area contributed by atoms with Gasteiger partial charge in [-0.3, -0.25) is 13.6 Å². The van der Waals surface area contributed by atoms with Gasteiger partial charge in [0.2, 0.25) is 0 Å². The third-order valence-electron chi connectivity index (χ3n) is 3.98. The highest BCUT2D eigenvalue weighted by molar-refractivity contribution is 7.60. The number of nitrogens with two attached hydrogens (primary N) is 1. The molecule has 216 valence electrons. The van der Waals surface area contributed by atoms with E-state index in [2.05, 4.69) is 22.6 Å². The van der Waals surface area contributed by atoms with Crippen LogP contribution in [0.25, 0.3) is 0 Å². The maximum Gasteiger partial charge on any atom is 0.483 e. The average molecular weight is 619 g/mol. The largest absolute Gasteiger partial charge is 0.483 e. The van der Waals surface area contributed by atoms with Gasteiger partial charge in [-0.05, 0) is 0 Å². The lowest BCUT2D eigenvalue weighted by molar-refractivity contribution is -0.125. The van der Waals surface area contributed by atoms with E-state index in [-0.39, 0.29) is 0 Å². The molecular formula is C10H25NO21P4. The topological polar surface area (TPSA) is 372 Å². The van der Waals surface area contributed by atoms with Crippen LogP contribution in [-0.2, 0) is 45.6 Å². The Kier molecular flexibility index (Phi) is 12.4. The lowest BCUT2D eigenvalue weighted by Gasteiger charge is -2.18. The molecule has 0 radical (unpaired) electrons. The van der Waals surface area contributed by atoms with Crippen LogP contribution in [0.1, 0.15) is 0 Å². The van der Waals surface area contributed by atoms with E-state index in [0.29, 0.717) is 0 Å². The first-order valence-corrected chi connectivity index (χ1v) is 15.1. The second-order valence-electron chi connectivity index (χ2n) is 6.86. The Balaban J connectivity index is 0.000000397. The van der Waals surface area contributed by atoms with Crippen molar-refractivity contribution in [2.75, 3.05) is 13.2 Å². The molecule has 36 heavy (non-hydrogen) atoms. The molecule has 2 saturated heterocycles.